The third-order valence-electron chi connectivity index (χ3n) is 5.04. The van der Waals surface area contributed by atoms with Crippen LogP contribution in [0.5, 0.6) is 0 Å². The third kappa shape index (κ3) is 7.56. The van der Waals surface area contributed by atoms with Crippen LogP contribution >= 0.6 is 24.0 Å². The molecule has 0 aromatic heterocycles. The zero-order valence-corrected chi connectivity index (χ0v) is 18.6. The van der Waals surface area contributed by atoms with E-state index in [1.807, 2.05) is 0 Å². The quantitative estimate of drug-likeness (QED) is 0.328. The van der Waals surface area contributed by atoms with Crippen molar-refractivity contribution in [1.82, 2.24) is 15.5 Å². The molecular formula is C16H33IN4O3S. The summed E-state index contributed by atoms with van der Waals surface area (Å²) in [6, 6.07) is 0. The van der Waals surface area contributed by atoms with Gasteiger partial charge in [0.2, 0.25) is 0 Å². The summed E-state index contributed by atoms with van der Waals surface area (Å²) in [5.74, 6) is 0.791. The number of ether oxygens (including phenoxy) is 1. The van der Waals surface area contributed by atoms with Gasteiger partial charge >= 0.3 is 0 Å². The van der Waals surface area contributed by atoms with Crippen LogP contribution in [0.2, 0.25) is 0 Å². The van der Waals surface area contributed by atoms with E-state index in [0.29, 0.717) is 12.5 Å². The second kappa shape index (κ2) is 10.9. The number of aliphatic imine (C=N–C) groups is 1. The van der Waals surface area contributed by atoms with Crippen LogP contribution in [0.1, 0.15) is 32.1 Å². The van der Waals surface area contributed by atoms with E-state index in [4.69, 9.17) is 4.74 Å². The lowest BCUT2D eigenvalue weighted by atomic mass is 9.80. The van der Waals surface area contributed by atoms with Gasteiger partial charge in [0.25, 0.3) is 0 Å². The topological polar surface area (TPSA) is 83.0 Å². The lowest BCUT2D eigenvalue weighted by Gasteiger charge is -2.48. The molecule has 2 fully saturated rings. The molecule has 0 spiro atoms. The fraction of sp³-hybridized carbons (Fsp3) is 0.938. The third-order valence-corrected chi connectivity index (χ3v) is 5.99. The molecule has 1 aliphatic carbocycles. The van der Waals surface area contributed by atoms with Gasteiger partial charge in [0.1, 0.15) is 9.84 Å². The number of hydrogen-bond donors (Lipinski definition) is 2. The van der Waals surface area contributed by atoms with Crippen molar-refractivity contribution in [3.05, 3.63) is 0 Å². The number of hydrogen-bond acceptors (Lipinski definition) is 5. The van der Waals surface area contributed by atoms with E-state index in [2.05, 4.69) is 20.5 Å². The lowest BCUT2D eigenvalue weighted by molar-refractivity contribution is -0.0352. The molecule has 148 valence electrons. The first-order valence-electron chi connectivity index (χ1n) is 8.90. The van der Waals surface area contributed by atoms with Crippen molar-refractivity contribution in [2.24, 2.45) is 4.99 Å². The molecule has 2 rings (SSSR count). The second-order valence-electron chi connectivity index (χ2n) is 6.87. The Morgan fingerprint density at radius 1 is 1.16 bits per heavy atom. The Balaban J connectivity index is 0.00000312. The maximum Gasteiger partial charge on any atom is 0.191 e. The Labute approximate surface area is 169 Å². The molecule has 25 heavy (non-hydrogen) atoms. The van der Waals surface area contributed by atoms with Crippen molar-refractivity contribution >= 4 is 39.8 Å². The molecule has 0 amide bonds. The van der Waals surface area contributed by atoms with Crippen molar-refractivity contribution in [3.8, 4) is 0 Å². The molecule has 7 nitrogen and oxygen atoms in total. The Bertz CT molecular complexity index is 515. The number of halogens is 1. The minimum atomic E-state index is -2.96. The van der Waals surface area contributed by atoms with Gasteiger partial charge in [-0.2, -0.15) is 0 Å². The van der Waals surface area contributed by atoms with E-state index >= 15 is 0 Å². The summed E-state index contributed by atoms with van der Waals surface area (Å²) in [6.07, 6.45) is 7.48. The van der Waals surface area contributed by atoms with Crippen molar-refractivity contribution in [2.45, 2.75) is 37.6 Å². The number of guanidine groups is 1. The minimum Gasteiger partial charge on any atom is -0.379 e. The number of nitrogens with zero attached hydrogens (tertiary/aromatic N) is 2. The Morgan fingerprint density at radius 2 is 1.80 bits per heavy atom. The molecular weight excluding hydrogens is 455 g/mol. The summed E-state index contributed by atoms with van der Waals surface area (Å²) < 4.78 is 28.0. The summed E-state index contributed by atoms with van der Waals surface area (Å²) in [4.78, 5) is 6.80. The van der Waals surface area contributed by atoms with Gasteiger partial charge in [-0.15, -0.1) is 24.0 Å². The predicted octanol–water partition coefficient (Wildman–Crippen LogP) is 0.849. The van der Waals surface area contributed by atoms with Gasteiger partial charge in [-0.05, 0) is 12.8 Å². The van der Waals surface area contributed by atoms with Gasteiger partial charge < -0.3 is 15.4 Å². The molecule has 1 saturated heterocycles. The minimum absolute atomic E-state index is 0. The molecule has 1 aliphatic heterocycles. The van der Waals surface area contributed by atoms with Gasteiger partial charge in [-0.3, -0.25) is 9.89 Å². The van der Waals surface area contributed by atoms with Gasteiger partial charge in [0.15, 0.2) is 5.96 Å². The Hall–Kier alpha value is -0.130. The average molecular weight is 488 g/mol. The van der Waals surface area contributed by atoms with Crippen molar-refractivity contribution in [3.63, 3.8) is 0 Å². The van der Waals surface area contributed by atoms with E-state index in [9.17, 15) is 8.42 Å². The van der Waals surface area contributed by atoms with Crippen LogP contribution in [0.15, 0.2) is 4.99 Å². The molecule has 0 bridgehead atoms. The highest BCUT2D eigenvalue weighted by molar-refractivity contribution is 14.0. The van der Waals surface area contributed by atoms with Crippen molar-refractivity contribution in [2.75, 3.05) is 58.4 Å². The summed E-state index contributed by atoms with van der Waals surface area (Å²) in [5.41, 5.74) is 0.163. The summed E-state index contributed by atoms with van der Waals surface area (Å²) in [5, 5.41) is 6.53. The molecule has 0 atom stereocenters. The standard InChI is InChI=1S/C16H32N4O3S.HI/c1-17-15(18-8-13-24(2,21)22)19-14-16(6-4-3-5-7-16)20-9-11-23-12-10-20;/h3-14H2,1-2H3,(H2,17,18,19);1H. The van der Waals surface area contributed by atoms with Crippen LogP contribution in [-0.4, -0.2) is 83.3 Å². The van der Waals surface area contributed by atoms with Crippen LogP contribution in [-0.2, 0) is 14.6 Å². The van der Waals surface area contributed by atoms with E-state index in [1.165, 1.54) is 38.4 Å². The van der Waals surface area contributed by atoms with Crippen molar-refractivity contribution in [1.29, 1.82) is 0 Å². The van der Waals surface area contributed by atoms with E-state index in [-0.39, 0.29) is 35.3 Å². The molecule has 2 N–H and O–H groups in total. The van der Waals surface area contributed by atoms with Crippen LogP contribution in [0.25, 0.3) is 0 Å². The van der Waals surface area contributed by atoms with Gasteiger partial charge in [0, 0.05) is 45.0 Å². The first kappa shape index (κ1) is 22.9. The second-order valence-corrected chi connectivity index (χ2v) is 9.13. The van der Waals surface area contributed by atoms with Crippen LogP contribution in [0.4, 0.5) is 0 Å². The zero-order chi connectivity index (χ0) is 17.5. The predicted molar refractivity (Wildman–Crippen MR) is 113 cm³/mol. The largest absolute Gasteiger partial charge is 0.379 e. The monoisotopic (exact) mass is 488 g/mol. The molecule has 2 aliphatic rings. The van der Waals surface area contributed by atoms with Gasteiger partial charge in [-0.1, -0.05) is 19.3 Å². The summed E-state index contributed by atoms with van der Waals surface area (Å²) in [7, 11) is -1.24. The summed E-state index contributed by atoms with van der Waals surface area (Å²) >= 11 is 0. The first-order chi connectivity index (χ1) is 11.5. The highest BCUT2D eigenvalue weighted by Gasteiger charge is 2.38. The number of sulfone groups is 1. The molecule has 1 heterocycles. The maximum absolute atomic E-state index is 11.2. The van der Waals surface area contributed by atoms with Gasteiger partial charge in [0.05, 0.1) is 19.0 Å². The lowest BCUT2D eigenvalue weighted by Crippen LogP contribution is -2.60. The molecule has 9 heteroatoms. The van der Waals surface area contributed by atoms with Crippen LogP contribution in [0, 0.1) is 0 Å². The van der Waals surface area contributed by atoms with E-state index in [0.717, 1.165) is 32.8 Å². The molecule has 0 aromatic carbocycles. The fourth-order valence-corrected chi connectivity index (χ4v) is 4.15. The molecule has 0 unspecified atom stereocenters. The summed E-state index contributed by atoms with van der Waals surface area (Å²) in [6.45, 7) is 4.81. The maximum atomic E-state index is 11.2. The normalized spacial score (nSPS) is 22.1. The molecule has 0 radical (unpaired) electrons. The molecule has 1 saturated carbocycles. The smallest absolute Gasteiger partial charge is 0.191 e. The Morgan fingerprint density at radius 3 is 2.36 bits per heavy atom. The van der Waals surface area contributed by atoms with Crippen LogP contribution < -0.4 is 10.6 Å². The van der Waals surface area contributed by atoms with E-state index < -0.39 is 9.84 Å². The number of nitrogens with one attached hydrogen (secondary N) is 2. The van der Waals surface area contributed by atoms with Crippen LogP contribution in [0.3, 0.4) is 0 Å². The zero-order valence-electron chi connectivity index (χ0n) is 15.4. The number of rotatable bonds is 6. The first-order valence-corrected chi connectivity index (χ1v) is 11.0. The van der Waals surface area contributed by atoms with Gasteiger partial charge in [-0.25, -0.2) is 8.42 Å². The number of morpholine rings is 1. The highest BCUT2D eigenvalue weighted by Crippen LogP contribution is 2.33. The fourth-order valence-electron chi connectivity index (χ4n) is 3.68. The highest BCUT2D eigenvalue weighted by atomic mass is 127. The molecule has 0 aromatic rings. The average Bonchev–Trinajstić information content (AvgIpc) is 2.58. The SMILES string of the molecule is CN=C(NCCS(C)(=O)=O)NCC1(N2CCOCC2)CCCCC1.I. The van der Waals surface area contributed by atoms with E-state index in [1.54, 1.807) is 7.05 Å². The Kier molecular flexibility index (Phi) is 9.97. The van der Waals surface area contributed by atoms with Crippen molar-refractivity contribution < 1.29 is 13.2 Å².